The number of halogens is 2. The van der Waals surface area contributed by atoms with Gasteiger partial charge in [0, 0.05) is 24.6 Å². The van der Waals surface area contributed by atoms with Crippen LogP contribution in [0.15, 0.2) is 24.3 Å². The van der Waals surface area contributed by atoms with Gasteiger partial charge in [-0.2, -0.15) is 8.78 Å². The molecule has 7 heteroatoms. The molecule has 2 N–H and O–H groups in total. The first kappa shape index (κ1) is 15.2. The standard InChI is InChI=1S/C14H16F2N2O3/c15-14(16)21-11-3-1-10(2-4-11)13(20)18-7-5-9(6-8-18)12(17)19/h1-4,9,14H,5-8H2,(H2,17,19). The number of carbonyl (C=O) groups is 2. The zero-order chi connectivity index (χ0) is 15.4. The molecule has 0 radical (unpaired) electrons. The summed E-state index contributed by atoms with van der Waals surface area (Å²) in [6, 6.07) is 5.55. The van der Waals surface area contributed by atoms with E-state index in [0.29, 0.717) is 31.5 Å². The molecular formula is C14H16F2N2O3. The Balaban J connectivity index is 1.96. The zero-order valence-electron chi connectivity index (χ0n) is 11.3. The second kappa shape index (κ2) is 6.51. The molecule has 21 heavy (non-hydrogen) atoms. The summed E-state index contributed by atoms with van der Waals surface area (Å²) >= 11 is 0. The Hall–Kier alpha value is -2.18. The molecule has 2 amide bonds. The molecule has 1 fully saturated rings. The summed E-state index contributed by atoms with van der Waals surface area (Å²) in [5, 5.41) is 0. The average molecular weight is 298 g/mol. The van der Waals surface area contributed by atoms with Gasteiger partial charge in [0.2, 0.25) is 5.91 Å². The van der Waals surface area contributed by atoms with E-state index in [1.807, 2.05) is 0 Å². The maximum atomic E-state index is 12.2. The van der Waals surface area contributed by atoms with Crippen LogP contribution in [0.3, 0.4) is 0 Å². The lowest BCUT2D eigenvalue weighted by molar-refractivity contribution is -0.123. The van der Waals surface area contributed by atoms with Crippen LogP contribution in [0.1, 0.15) is 23.2 Å². The highest BCUT2D eigenvalue weighted by molar-refractivity contribution is 5.94. The number of amides is 2. The number of nitrogens with zero attached hydrogens (tertiary/aromatic N) is 1. The first-order valence-corrected chi connectivity index (χ1v) is 6.61. The number of rotatable bonds is 4. The minimum absolute atomic E-state index is 0.00832. The van der Waals surface area contributed by atoms with Crippen LogP contribution in [-0.4, -0.2) is 36.4 Å². The second-order valence-corrected chi connectivity index (χ2v) is 4.87. The van der Waals surface area contributed by atoms with Crippen LogP contribution in [0.4, 0.5) is 8.78 Å². The van der Waals surface area contributed by atoms with Crippen LogP contribution in [0, 0.1) is 5.92 Å². The van der Waals surface area contributed by atoms with Gasteiger partial charge in [0.25, 0.3) is 5.91 Å². The molecule has 114 valence electrons. The highest BCUT2D eigenvalue weighted by Gasteiger charge is 2.26. The summed E-state index contributed by atoms with van der Waals surface area (Å²) in [5.41, 5.74) is 5.64. The lowest BCUT2D eigenvalue weighted by Crippen LogP contribution is -2.41. The number of nitrogens with two attached hydrogens (primary N) is 1. The van der Waals surface area contributed by atoms with Crippen molar-refractivity contribution in [3.05, 3.63) is 29.8 Å². The van der Waals surface area contributed by atoms with Crippen LogP contribution >= 0.6 is 0 Å². The van der Waals surface area contributed by atoms with Gasteiger partial charge in [-0.1, -0.05) is 0 Å². The predicted molar refractivity (Wildman–Crippen MR) is 70.9 cm³/mol. The van der Waals surface area contributed by atoms with Crippen LogP contribution in [0.25, 0.3) is 0 Å². The first-order valence-electron chi connectivity index (χ1n) is 6.61. The Bertz CT molecular complexity index is 511. The molecule has 0 atom stereocenters. The number of carbonyl (C=O) groups excluding carboxylic acids is 2. The number of piperidine rings is 1. The fourth-order valence-corrected chi connectivity index (χ4v) is 2.33. The minimum Gasteiger partial charge on any atom is -0.435 e. The predicted octanol–water partition coefficient (Wildman–Crippen LogP) is 1.63. The fourth-order valence-electron chi connectivity index (χ4n) is 2.33. The van der Waals surface area contributed by atoms with Crippen LogP contribution in [0.2, 0.25) is 0 Å². The van der Waals surface area contributed by atoms with Gasteiger partial charge in [0.1, 0.15) is 5.75 Å². The van der Waals surface area contributed by atoms with Crippen molar-refractivity contribution in [1.29, 1.82) is 0 Å². The number of alkyl halides is 2. The highest BCUT2D eigenvalue weighted by atomic mass is 19.3. The molecule has 0 unspecified atom stereocenters. The molecule has 1 heterocycles. The van der Waals surface area contributed by atoms with Crippen molar-refractivity contribution in [1.82, 2.24) is 4.90 Å². The summed E-state index contributed by atoms with van der Waals surface area (Å²) in [5.74, 6) is -0.707. The number of hydrogen-bond acceptors (Lipinski definition) is 3. The number of benzene rings is 1. The molecule has 0 aliphatic carbocycles. The van der Waals surface area contributed by atoms with Crippen LogP contribution in [0.5, 0.6) is 5.75 Å². The highest BCUT2D eigenvalue weighted by Crippen LogP contribution is 2.20. The van der Waals surface area contributed by atoms with Gasteiger partial charge in [-0.25, -0.2) is 0 Å². The summed E-state index contributed by atoms with van der Waals surface area (Å²) in [4.78, 5) is 24.9. The van der Waals surface area contributed by atoms with Gasteiger partial charge in [0.05, 0.1) is 0 Å². The largest absolute Gasteiger partial charge is 0.435 e. The molecular weight excluding hydrogens is 282 g/mol. The van der Waals surface area contributed by atoms with Crippen molar-refractivity contribution in [3.8, 4) is 5.75 Å². The van der Waals surface area contributed by atoms with Crippen molar-refractivity contribution >= 4 is 11.8 Å². The SMILES string of the molecule is NC(=O)C1CCN(C(=O)c2ccc(OC(F)F)cc2)CC1. The van der Waals surface area contributed by atoms with Gasteiger partial charge in [-0.3, -0.25) is 9.59 Å². The normalized spacial score (nSPS) is 16.0. The van der Waals surface area contributed by atoms with Gasteiger partial charge < -0.3 is 15.4 Å². The monoisotopic (exact) mass is 298 g/mol. The van der Waals surface area contributed by atoms with E-state index in [2.05, 4.69) is 4.74 Å². The molecule has 0 saturated carbocycles. The van der Waals surface area contributed by atoms with Gasteiger partial charge in [-0.05, 0) is 37.1 Å². The zero-order valence-corrected chi connectivity index (χ0v) is 11.3. The molecule has 1 aromatic carbocycles. The molecule has 1 aliphatic rings. The van der Waals surface area contributed by atoms with E-state index in [0.717, 1.165) is 0 Å². The Morgan fingerprint density at radius 2 is 1.76 bits per heavy atom. The third kappa shape index (κ3) is 3.90. The summed E-state index contributed by atoms with van der Waals surface area (Å²) < 4.78 is 28.3. The van der Waals surface area contributed by atoms with E-state index in [9.17, 15) is 18.4 Å². The Morgan fingerprint density at radius 1 is 1.19 bits per heavy atom. The third-order valence-corrected chi connectivity index (χ3v) is 3.51. The topological polar surface area (TPSA) is 72.6 Å². The maximum Gasteiger partial charge on any atom is 0.387 e. The number of primary amides is 1. The molecule has 0 bridgehead atoms. The summed E-state index contributed by atoms with van der Waals surface area (Å²) in [6.45, 7) is -1.97. The summed E-state index contributed by atoms with van der Waals surface area (Å²) in [6.07, 6.45) is 1.10. The second-order valence-electron chi connectivity index (χ2n) is 4.87. The molecule has 0 aromatic heterocycles. The minimum atomic E-state index is -2.89. The Labute approximate surface area is 120 Å². The Kier molecular flexibility index (Phi) is 4.72. The van der Waals surface area contributed by atoms with E-state index in [-0.39, 0.29) is 23.5 Å². The van der Waals surface area contributed by atoms with Crippen molar-refractivity contribution in [3.63, 3.8) is 0 Å². The molecule has 1 saturated heterocycles. The van der Waals surface area contributed by atoms with Crippen molar-refractivity contribution in [2.24, 2.45) is 11.7 Å². The molecule has 0 spiro atoms. The van der Waals surface area contributed by atoms with Gasteiger partial charge in [-0.15, -0.1) is 0 Å². The van der Waals surface area contributed by atoms with Crippen LogP contribution < -0.4 is 10.5 Å². The quantitative estimate of drug-likeness (QED) is 0.918. The lowest BCUT2D eigenvalue weighted by Gasteiger charge is -2.30. The number of ether oxygens (including phenoxy) is 1. The van der Waals surface area contributed by atoms with E-state index >= 15 is 0 Å². The third-order valence-electron chi connectivity index (χ3n) is 3.51. The smallest absolute Gasteiger partial charge is 0.387 e. The Morgan fingerprint density at radius 3 is 2.24 bits per heavy atom. The first-order chi connectivity index (χ1) is 9.97. The van der Waals surface area contributed by atoms with Gasteiger partial charge >= 0.3 is 6.61 Å². The van der Waals surface area contributed by atoms with Crippen LogP contribution in [-0.2, 0) is 4.79 Å². The van der Waals surface area contributed by atoms with E-state index < -0.39 is 6.61 Å². The molecule has 5 nitrogen and oxygen atoms in total. The molecule has 2 rings (SSSR count). The number of likely N-dealkylation sites (tertiary alicyclic amines) is 1. The van der Waals surface area contributed by atoms with E-state index in [1.165, 1.54) is 24.3 Å². The van der Waals surface area contributed by atoms with Crippen molar-refractivity contribution < 1.29 is 23.1 Å². The summed E-state index contributed by atoms with van der Waals surface area (Å²) in [7, 11) is 0. The average Bonchev–Trinajstić information content (AvgIpc) is 2.47. The molecule has 1 aromatic rings. The lowest BCUT2D eigenvalue weighted by atomic mass is 9.96. The number of hydrogen-bond donors (Lipinski definition) is 1. The molecule has 1 aliphatic heterocycles. The van der Waals surface area contributed by atoms with Crippen molar-refractivity contribution in [2.45, 2.75) is 19.5 Å². The van der Waals surface area contributed by atoms with E-state index in [4.69, 9.17) is 5.73 Å². The van der Waals surface area contributed by atoms with Crippen molar-refractivity contribution in [2.75, 3.05) is 13.1 Å². The maximum absolute atomic E-state index is 12.2. The van der Waals surface area contributed by atoms with E-state index in [1.54, 1.807) is 4.90 Å². The fraction of sp³-hybridized carbons (Fsp3) is 0.429. The van der Waals surface area contributed by atoms with Gasteiger partial charge in [0.15, 0.2) is 0 Å².